The van der Waals surface area contributed by atoms with Crippen LogP contribution in [0.2, 0.25) is 0 Å². The number of amides is 1. The van der Waals surface area contributed by atoms with Crippen molar-refractivity contribution in [2.24, 2.45) is 0 Å². The first kappa shape index (κ1) is 15.0. The van der Waals surface area contributed by atoms with Crippen molar-refractivity contribution in [3.05, 3.63) is 102 Å². The van der Waals surface area contributed by atoms with Crippen LogP contribution in [-0.2, 0) is 6.42 Å². The minimum atomic E-state index is -0.108. The molecular formula is C20H18N2O. The van der Waals surface area contributed by atoms with Crippen LogP contribution in [0, 0.1) is 0 Å². The lowest BCUT2D eigenvalue weighted by Crippen LogP contribution is -2.30. The van der Waals surface area contributed by atoms with Gasteiger partial charge < -0.3 is 5.32 Å². The molecule has 3 nitrogen and oxygen atoms in total. The lowest BCUT2D eigenvalue weighted by atomic mass is 9.98. The van der Waals surface area contributed by atoms with Gasteiger partial charge in [-0.25, -0.2) is 0 Å². The van der Waals surface area contributed by atoms with Gasteiger partial charge in [-0.15, -0.1) is 0 Å². The molecule has 114 valence electrons. The number of hydrogen-bond acceptors (Lipinski definition) is 2. The molecule has 0 spiro atoms. The monoisotopic (exact) mass is 302 g/mol. The molecule has 0 saturated carbocycles. The van der Waals surface area contributed by atoms with E-state index in [-0.39, 0.29) is 11.9 Å². The van der Waals surface area contributed by atoms with Crippen molar-refractivity contribution in [1.82, 2.24) is 10.3 Å². The fraction of sp³-hybridized carbons (Fsp3) is 0.100. The molecule has 1 atom stereocenters. The first-order chi connectivity index (χ1) is 11.3. The highest BCUT2D eigenvalue weighted by atomic mass is 16.1. The molecule has 2 aromatic carbocycles. The van der Waals surface area contributed by atoms with E-state index in [2.05, 4.69) is 22.4 Å². The molecule has 1 heterocycles. The summed E-state index contributed by atoms with van der Waals surface area (Å²) >= 11 is 0. The normalized spacial score (nSPS) is 11.7. The van der Waals surface area contributed by atoms with Gasteiger partial charge in [-0.1, -0.05) is 60.7 Å². The number of carbonyl (C=O) groups is 1. The average molecular weight is 302 g/mol. The van der Waals surface area contributed by atoms with E-state index < -0.39 is 0 Å². The van der Waals surface area contributed by atoms with Crippen LogP contribution in [0.1, 0.15) is 27.5 Å². The summed E-state index contributed by atoms with van der Waals surface area (Å²) in [5.74, 6) is -0.108. The maximum absolute atomic E-state index is 12.5. The third-order valence-electron chi connectivity index (χ3n) is 3.71. The van der Waals surface area contributed by atoms with Crippen molar-refractivity contribution < 1.29 is 4.79 Å². The third-order valence-corrected chi connectivity index (χ3v) is 3.71. The molecule has 23 heavy (non-hydrogen) atoms. The Labute approximate surface area is 136 Å². The second kappa shape index (κ2) is 7.36. The Morgan fingerprint density at radius 1 is 0.913 bits per heavy atom. The quantitative estimate of drug-likeness (QED) is 0.779. The second-order valence-corrected chi connectivity index (χ2v) is 5.37. The number of aromatic nitrogens is 1. The van der Waals surface area contributed by atoms with Crippen LogP contribution < -0.4 is 5.32 Å². The van der Waals surface area contributed by atoms with Gasteiger partial charge in [-0.3, -0.25) is 9.78 Å². The number of rotatable bonds is 5. The summed E-state index contributed by atoms with van der Waals surface area (Å²) in [5.41, 5.74) is 2.85. The first-order valence-corrected chi connectivity index (χ1v) is 7.63. The SMILES string of the molecule is O=C(NC(Cc1ccccc1)c1ccccc1)c1cccnc1. The lowest BCUT2D eigenvalue weighted by molar-refractivity contribution is 0.0936. The van der Waals surface area contributed by atoms with Crippen LogP contribution in [0.25, 0.3) is 0 Å². The van der Waals surface area contributed by atoms with Crippen molar-refractivity contribution in [3.63, 3.8) is 0 Å². The molecule has 0 fully saturated rings. The Morgan fingerprint density at radius 3 is 2.26 bits per heavy atom. The zero-order valence-electron chi connectivity index (χ0n) is 12.7. The van der Waals surface area contributed by atoms with Crippen molar-refractivity contribution in [2.75, 3.05) is 0 Å². The predicted octanol–water partition coefficient (Wildman–Crippen LogP) is 3.80. The van der Waals surface area contributed by atoms with E-state index >= 15 is 0 Å². The smallest absolute Gasteiger partial charge is 0.253 e. The highest BCUT2D eigenvalue weighted by Crippen LogP contribution is 2.19. The topological polar surface area (TPSA) is 42.0 Å². The van der Waals surface area contributed by atoms with Gasteiger partial charge in [0.15, 0.2) is 0 Å². The van der Waals surface area contributed by atoms with Gasteiger partial charge >= 0.3 is 0 Å². The van der Waals surface area contributed by atoms with Crippen molar-refractivity contribution in [1.29, 1.82) is 0 Å². The van der Waals surface area contributed by atoms with Crippen molar-refractivity contribution in [2.45, 2.75) is 12.5 Å². The molecule has 3 aromatic rings. The summed E-state index contributed by atoms with van der Waals surface area (Å²) in [6, 6.07) is 23.7. The highest BCUT2D eigenvalue weighted by Gasteiger charge is 2.16. The summed E-state index contributed by atoms with van der Waals surface area (Å²) in [7, 11) is 0. The Balaban J connectivity index is 1.82. The maximum Gasteiger partial charge on any atom is 0.253 e. The molecule has 0 bridgehead atoms. The number of hydrogen-bond donors (Lipinski definition) is 1. The molecule has 1 amide bonds. The van der Waals surface area contributed by atoms with Crippen LogP contribution in [0.3, 0.4) is 0 Å². The lowest BCUT2D eigenvalue weighted by Gasteiger charge is -2.19. The summed E-state index contributed by atoms with van der Waals surface area (Å²) in [5, 5.41) is 3.12. The Bertz CT molecular complexity index is 742. The Kier molecular flexibility index (Phi) is 4.79. The molecule has 0 saturated heterocycles. The minimum absolute atomic E-state index is 0.0775. The van der Waals surface area contributed by atoms with E-state index in [9.17, 15) is 4.79 Å². The summed E-state index contributed by atoms with van der Waals surface area (Å²) in [4.78, 5) is 16.5. The summed E-state index contributed by atoms with van der Waals surface area (Å²) in [6.45, 7) is 0. The summed E-state index contributed by atoms with van der Waals surface area (Å²) in [6.07, 6.45) is 3.99. The third kappa shape index (κ3) is 4.04. The number of pyridine rings is 1. The predicted molar refractivity (Wildman–Crippen MR) is 91.0 cm³/mol. The summed E-state index contributed by atoms with van der Waals surface area (Å²) < 4.78 is 0. The van der Waals surface area contributed by atoms with E-state index in [1.54, 1.807) is 24.5 Å². The number of nitrogens with zero attached hydrogens (tertiary/aromatic N) is 1. The van der Waals surface area contributed by atoms with Crippen LogP contribution in [0.4, 0.5) is 0 Å². The van der Waals surface area contributed by atoms with E-state index in [4.69, 9.17) is 0 Å². The van der Waals surface area contributed by atoms with Crippen LogP contribution >= 0.6 is 0 Å². The van der Waals surface area contributed by atoms with Gasteiger partial charge in [0.1, 0.15) is 0 Å². The molecule has 1 unspecified atom stereocenters. The van der Waals surface area contributed by atoms with Gasteiger partial charge in [0.2, 0.25) is 0 Å². The fourth-order valence-electron chi connectivity index (χ4n) is 2.53. The van der Waals surface area contributed by atoms with E-state index in [0.29, 0.717) is 5.56 Å². The molecule has 3 rings (SSSR count). The van der Waals surface area contributed by atoms with Crippen molar-refractivity contribution in [3.8, 4) is 0 Å². The molecular weight excluding hydrogens is 284 g/mol. The Morgan fingerprint density at radius 2 is 1.61 bits per heavy atom. The molecule has 0 aliphatic carbocycles. The molecule has 3 heteroatoms. The highest BCUT2D eigenvalue weighted by molar-refractivity contribution is 5.94. The second-order valence-electron chi connectivity index (χ2n) is 5.37. The number of carbonyl (C=O) groups excluding carboxylic acids is 1. The first-order valence-electron chi connectivity index (χ1n) is 7.63. The Hall–Kier alpha value is -2.94. The van der Waals surface area contributed by atoms with Gasteiger partial charge in [0.05, 0.1) is 11.6 Å². The standard InChI is InChI=1S/C20H18N2O/c23-20(18-12-7-13-21-15-18)22-19(17-10-5-2-6-11-17)14-16-8-3-1-4-9-16/h1-13,15,19H,14H2,(H,22,23). The van der Waals surface area contributed by atoms with Crippen LogP contribution in [-0.4, -0.2) is 10.9 Å². The van der Waals surface area contributed by atoms with Crippen LogP contribution in [0.15, 0.2) is 85.2 Å². The van der Waals surface area contributed by atoms with E-state index in [1.165, 1.54) is 5.56 Å². The van der Waals surface area contributed by atoms with E-state index in [0.717, 1.165) is 12.0 Å². The molecule has 1 aromatic heterocycles. The van der Waals surface area contributed by atoms with Gasteiger partial charge in [0, 0.05) is 12.4 Å². The van der Waals surface area contributed by atoms with E-state index in [1.807, 2.05) is 48.5 Å². The van der Waals surface area contributed by atoms with Crippen molar-refractivity contribution >= 4 is 5.91 Å². The fourth-order valence-corrected chi connectivity index (χ4v) is 2.53. The molecule has 0 aliphatic rings. The largest absolute Gasteiger partial charge is 0.345 e. The zero-order chi connectivity index (χ0) is 15.9. The molecule has 1 N–H and O–H groups in total. The van der Waals surface area contributed by atoms with Gasteiger partial charge in [-0.2, -0.15) is 0 Å². The average Bonchev–Trinajstić information content (AvgIpc) is 2.63. The number of benzene rings is 2. The zero-order valence-corrected chi connectivity index (χ0v) is 12.7. The molecule has 0 radical (unpaired) electrons. The van der Waals surface area contributed by atoms with Gasteiger partial charge in [-0.05, 0) is 29.7 Å². The maximum atomic E-state index is 12.5. The van der Waals surface area contributed by atoms with Crippen LogP contribution in [0.5, 0.6) is 0 Å². The number of nitrogens with one attached hydrogen (secondary N) is 1. The molecule has 0 aliphatic heterocycles. The van der Waals surface area contributed by atoms with Gasteiger partial charge in [0.25, 0.3) is 5.91 Å². The minimum Gasteiger partial charge on any atom is -0.345 e.